The van der Waals surface area contributed by atoms with E-state index in [1.807, 2.05) is 12.1 Å². The molecule has 2 amide bonds. The van der Waals surface area contributed by atoms with Gasteiger partial charge in [-0.3, -0.25) is 13.9 Å². The van der Waals surface area contributed by atoms with Crippen molar-refractivity contribution in [2.45, 2.75) is 58.2 Å². The minimum absolute atomic E-state index is 0.0865. The predicted molar refractivity (Wildman–Crippen MR) is 148 cm³/mol. The zero-order chi connectivity index (χ0) is 28.0. The van der Waals surface area contributed by atoms with Crippen LogP contribution in [0.15, 0.2) is 42.5 Å². The molecule has 10 nitrogen and oxygen atoms in total. The minimum atomic E-state index is -3.85. The van der Waals surface area contributed by atoms with Crippen LogP contribution in [-0.2, 0) is 26.2 Å². The maximum absolute atomic E-state index is 13.9. The van der Waals surface area contributed by atoms with Crippen LogP contribution in [0.1, 0.15) is 45.1 Å². The van der Waals surface area contributed by atoms with Crippen LogP contribution in [0, 0.1) is 0 Å². The molecule has 0 spiro atoms. The molecule has 11 heteroatoms. The van der Waals surface area contributed by atoms with E-state index in [4.69, 9.17) is 14.2 Å². The monoisotopic (exact) mass is 559 g/mol. The van der Waals surface area contributed by atoms with E-state index in [2.05, 4.69) is 5.32 Å². The van der Waals surface area contributed by atoms with Crippen molar-refractivity contribution in [2.75, 3.05) is 36.9 Å². The van der Waals surface area contributed by atoms with Crippen LogP contribution in [0.4, 0.5) is 5.69 Å². The van der Waals surface area contributed by atoms with Crippen molar-refractivity contribution < 1.29 is 32.2 Å². The lowest BCUT2D eigenvalue weighted by Gasteiger charge is -2.32. The van der Waals surface area contributed by atoms with Gasteiger partial charge >= 0.3 is 0 Å². The van der Waals surface area contributed by atoms with E-state index >= 15 is 0 Å². The Morgan fingerprint density at radius 3 is 2.49 bits per heavy atom. The molecule has 1 saturated carbocycles. The van der Waals surface area contributed by atoms with Crippen molar-refractivity contribution in [3.05, 3.63) is 48.0 Å². The first-order valence-corrected chi connectivity index (χ1v) is 15.0. The second kappa shape index (κ2) is 12.6. The van der Waals surface area contributed by atoms with Gasteiger partial charge < -0.3 is 24.4 Å². The molecule has 1 heterocycles. The third-order valence-electron chi connectivity index (χ3n) is 7.15. The van der Waals surface area contributed by atoms with E-state index in [1.165, 1.54) is 11.8 Å². The normalized spacial score (nSPS) is 15.9. The van der Waals surface area contributed by atoms with Gasteiger partial charge in [0.2, 0.25) is 21.8 Å². The Morgan fingerprint density at radius 1 is 1.08 bits per heavy atom. The zero-order valence-corrected chi connectivity index (χ0v) is 23.5. The molecular weight excluding hydrogens is 522 g/mol. The number of carbonyl (C=O) groups excluding carboxylic acids is 2. The number of fused-ring (bicyclic) bond motifs is 1. The molecule has 4 rings (SSSR count). The van der Waals surface area contributed by atoms with Crippen molar-refractivity contribution in [1.82, 2.24) is 10.2 Å². The number of amides is 2. The standard InChI is InChI=1S/C28H37N3O7S/c1-4-39(34,35)31(23-12-13-25-26(17-23)38-15-14-37-25)19-27(32)30(18-21-8-7-11-24(16-21)36-3)20(2)28(33)29-22-9-5-6-10-22/h7-8,11-13,16-17,20,22H,4-6,9-10,14-15,18-19H2,1-3H3,(H,29,33)/t20-/m1/s1. The highest BCUT2D eigenvalue weighted by molar-refractivity contribution is 7.92. The summed E-state index contributed by atoms with van der Waals surface area (Å²) in [4.78, 5) is 28.5. The Bertz CT molecular complexity index is 1280. The fourth-order valence-electron chi connectivity index (χ4n) is 4.85. The highest BCUT2D eigenvalue weighted by Crippen LogP contribution is 2.35. The van der Waals surface area contributed by atoms with Gasteiger partial charge in [0.15, 0.2) is 11.5 Å². The first-order chi connectivity index (χ1) is 18.7. The molecule has 1 N–H and O–H groups in total. The van der Waals surface area contributed by atoms with Crippen molar-refractivity contribution in [1.29, 1.82) is 0 Å². The van der Waals surface area contributed by atoms with E-state index in [0.29, 0.717) is 36.1 Å². The molecule has 212 valence electrons. The summed E-state index contributed by atoms with van der Waals surface area (Å²) in [5.41, 5.74) is 1.05. The van der Waals surface area contributed by atoms with Crippen molar-refractivity contribution in [3.8, 4) is 17.2 Å². The maximum Gasteiger partial charge on any atom is 0.244 e. The first-order valence-electron chi connectivity index (χ1n) is 13.3. The number of rotatable bonds is 11. The summed E-state index contributed by atoms with van der Waals surface area (Å²) < 4.78 is 44.0. The zero-order valence-electron chi connectivity index (χ0n) is 22.7. The largest absolute Gasteiger partial charge is 0.497 e. The topological polar surface area (TPSA) is 114 Å². The Hall–Kier alpha value is -3.47. The summed E-state index contributed by atoms with van der Waals surface area (Å²) in [6.07, 6.45) is 3.94. The van der Waals surface area contributed by atoms with Crippen LogP contribution in [0.5, 0.6) is 17.2 Å². The SMILES string of the molecule is CCS(=O)(=O)N(CC(=O)N(Cc1cccc(OC)c1)[C@H](C)C(=O)NC1CCCC1)c1ccc2c(c1)OCCO2. The van der Waals surface area contributed by atoms with E-state index < -0.39 is 28.5 Å². The molecule has 0 radical (unpaired) electrons. The average molecular weight is 560 g/mol. The second-order valence-corrected chi connectivity index (χ2v) is 12.0. The number of benzene rings is 2. The van der Waals surface area contributed by atoms with Crippen molar-refractivity contribution in [3.63, 3.8) is 0 Å². The third kappa shape index (κ3) is 6.95. The van der Waals surface area contributed by atoms with Gasteiger partial charge in [-0.2, -0.15) is 0 Å². The molecule has 1 aliphatic heterocycles. The van der Waals surface area contributed by atoms with Gasteiger partial charge in [-0.25, -0.2) is 8.42 Å². The molecule has 0 saturated heterocycles. The summed E-state index contributed by atoms with van der Waals surface area (Å²) in [5.74, 6) is 0.583. The van der Waals surface area contributed by atoms with Crippen LogP contribution < -0.4 is 23.8 Å². The lowest BCUT2D eigenvalue weighted by Crippen LogP contribution is -2.52. The van der Waals surface area contributed by atoms with Crippen molar-refractivity contribution in [2.24, 2.45) is 0 Å². The number of methoxy groups -OCH3 is 1. The maximum atomic E-state index is 13.9. The average Bonchev–Trinajstić information content (AvgIpc) is 3.47. The Kier molecular flexibility index (Phi) is 9.21. The number of hydrogen-bond acceptors (Lipinski definition) is 7. The van der Waals surface area contributed by atoms with E-state index in [9.17, 15) is 18.0 Å². The van der Waals surface area contributed by atoms with Gasteiger partial charge in [0.1, 0.15) is 31.5 Å². The molecule has 1 aliphatic carbocycles. The lowest BCUT2D eigenvalue weighted by molar-refractivity contribution is -0.139. The summed E-state index contributed by atoms with van der Waals surface area (Å²) >= 11 is 0. The fourth-order valence-corrected chi connectivity index (χ4v) is 5.90. The minimum Gasteiger partial charge on any atom is -0.497 e. The highest BCUT2D eigenvalue weighted by atomic mass is 32.2. The van der Waals surface area contributed by atoms with Gasteiger partial charge in [0, 0.05) is 18.7 Å². The molecule has 0 bridgehead atoms. The van der Waals surface area contributed by atoms with Crippen LogP contribution in [0.25, 0.3) is 0 Å². The number of sulfonamides is 1. The second-order valence-electron chi connectivity index (χ2n) is 9.77. The number of anilines is 1. The van der Waals surface area contributed by atoms with Gasteiger partial charge in [-0.1, -0.05) is 25.0 Å². The van der Waals surface area contributed by atoms with Gasteiger partial charge in [-0.15, -0.1) is 0 Å². The summed E-state index contributed by atoms with van der Waals surface area (Å²) in [6, 6.07) is 11.3. The number of nitrogens with one attached hydrogen (secondary N) is 1. The number of carbonyl (C=O) groups is 2. The number of hydrogen-bond donors (Lipinski definition) is 1. The smallest absolute Gasteiger partial charge is 0.244 e. The van der Waals surface area contributed by atoms with Crippen LogP contribution >= 0.6 is 0 Å². The number of ether oxygens (including phenoxy) is 3. The molecule has 1 fully saturated rings. The molecule has 1 atom stereocenters. The molecule has 39 heavy (non-hydrogen) atoms. The van der Waals surface area contributed by atoms with Gasteiger partial charge in [0.25, 0.3) is 0 Å². The number of nitrogens with zero attached hydrogens (tertiary/aromatic N) is 2. The predicted octanol–water partition coefficient (Wildman–Crippen LogP) is 3.10. The highest BCUT2D eigenvalue weighted by Gasteiger charge is 2.32. The van der Waals surface area contributed by atoms with Crippen LogP contribution in [0.3, 0.4) is 0 Å². The third-order valence-corrected chi connectivity index (χ3v) is 8.89. The molecule has 2 aliphatic rings. The molecule has 0 unspecified atom stereocenters. The van der Waals surface area contributed by atoms with Crippen LogP contribution in [-0.4, -0.2) is 69.8 Å². The summed E-state index contributed by atoms with van der Waals surface area (Å²) in [5, 5.41) is 3.06. The summed E-state index contributed by atoms with van der Waals surface area (Å²) in [6.45, 7) is 3.58. The molecule has 2 aromatic rings. The van der Waals surface area contributed by atoms with E-state index in [-0.39, 0.29) is 24.2 Å². The quantitative estimate of drug-likeness (QED) is 0.450. The lowest BCUT2D eigenvalue weighted by atomic mass is 10.1. The molecular formula is C28H37N3O7S. The fraction of sp³-hybridized carbons (Fsp3) is 0.500. The van der Waals surface area contributed by atoms with Crippen LogP contribution in [0.2, 0.25) is 0 Å². The van der Waals surface area contributed by atoms with E-state index in [1.54, 1.807) is 44.4 Å². The Balaban J connectivity index is 1.63. The Morgan fingerprint density at radius 2 is 1.79 bits per heavy atom. The van der Waals surface area contributed by atoms with Crippen molar-refractivity contribution >= 4 is 27.5 Å². The van der Waals surface area contributed by atoms with Gasteiger partial charge in [0.05, 0.1) is 18.6 Å². The van der Waals surface area contributed by atoms with Gasteiger partial charge in [-0.05, 0) is 56.5 Å². The molecule has 0 aromatic heterocycles. The Labute approximate surface area is 230 Å². The summed E-state index contributed by atoms with van der Waals surface area (Å²) in [7, 11) is -2.29. The molecule has 2 aromatic carbocycles. The van der Waals surface area contributed by atoms with E-state index in [0.717, 1.165) is 35.6 Å². The first kappa shape index (κ1) is 28.5.